The molecule has 1 aromatic heterocycles. The van der Waals surface area contributed by atoms with Crippen molar-refractivity contribution in [3.63, 3.8) is 0 Å². The predicted molar refractivity (Wildman–Crippen MR) is 72.3 cm³/mol. The fraction of sp³-hybridized carbons (Fsp3) is 0.750. The number of amides is 2. The predicted octanol–water partition coefficient (Wildman–Crippen LogP) is 1.84. The van der Waals surface area contributed by atoms with Crippen molar-refractivity contribution < 1.29 is 9.90 Å². The standard InChI is InChI=1S/C12H18N4O2S/c17-9-4-2-1-3-8(9)13-11(18)14-12-16-15-10(19-12)7-5-6-7/h7-9,17H,1-6H2,(H2,13,14,16,18)/t8-,9-/m0/s1. The first-order valence-electron chi connectivity index (χ1n) is 6.81. The molecule has 2 amide bonds. The highest BCUT2D eigenvalue weighted by Crippen LogP contribution is 2.42. The van der Waals surface area contributed by atoms with Gasteiger partial charge in [0.25, 0.3) is 0 Å². The first-order valence-corrected chi connectivity index (χ1v) is 7.63. The molecule has 0 radical (unpaired) electrons. The Morgan fingerprint density at radius 1 is 1.21 bits per heavy atom. The molecule has 0 aromatic carbocycles. The molecule has 7 heteroatoms. The van der Waals surface area contributed by atoms with Crippen LogP contribution in [-0.2, 0) is 0 Å². The normalized spacial score (nSPS) is 27.0. The van der Waals surface area contributed by atoms with Crippen molar-refractivity contribution in [1.29, 1.82) is 0 Å². The van der Waals surface area contributed by atoms with Gasteiger partial charge in [0.05, 0.1) is 12.1 Å². The van der Waals surface area contributed by atoms with E-state index >= 15 is 0 Å². The molecular weight excluding hydrogens is 264 g/mol. The van der Waals surface area contributed by atoms with Crippen LogP contribution in [0.5, 0.6) is 0 Å². The van der Waals surface area contributed by atoms with E-state index in [-0.39, 0.29) is 12.1 Å². The smallest absolute Gasteiger partial charge is 0.321 e. The Hall–Kier alpha value is -1.21. The van der Waals surface area contributed by atoms with Crippen molar-refractivity contribution in [2.45, 2.75) is 56.6 Å². The number of urea groups is 1. The monoisotopic (exact) mass is 282 g/mol. The zero-order valence-electron chi connectivity index (χ0n) is 10.6. The molecule has 2 saturated carbocycles. The molecule has 1 heterocycles. The van der Waals surface area contributed by atoms with Crippen LogP contribution >= 0.6 is 11.3 Å². The van der Waals surface area contributed by atoms with E-state index in [2.05, 4.69) is 20.8 Å². The average molecular weight is 282 g/mol. The number of hydrogen-bond donors (Lipinski definition) is 3. The number of anilines is 1. The van der Waals surface area contributed by atoms with Gasteiger partial charge in [-0.1, -0.05) is 24.2 Å². The Labute approximate surface area is 115 Å². The third kappa shape index (κ3) is 3.22. The lowest BCUT2D eigenvalue weighted by Crippen LogP contribution is -2.46. The molecule has 0 saturated heterocycles. The quantitative estimate of drug-likeness (QED) is 0.789. The highest BCUT2D eigenvalue weighted by molar-refractivity contribution is 7.15. The van der Waals surface area contributed by atoms with E-state index in [0.29, 0.717) is 11.0 Å². The van der Waals surface area contributed by atoms with Crippen molar-refractivity contribution in [2.75, 3.05) is 5.32 Å². The van der Waals surface area contributed by atoms with Gasteiger partial charge in [0, 0.05) is 5.92 Å². The molecule has 3 rings (SSSR count). The summed E-state index contributed by atoms with van der Waals surface area (Å²) in [7, 11) is 0. The molecule has 6 nitrogen and oxygen atoms in total. The fourth-order valence-corrected chi connectivity index (χ4v) is 3.27. The van der Waals surface area contributed by atoms with Crippen molar-refractivity contribution in [3.05, 3.63) is 5.01 Å². The maximum atomic E-state index is 11.8. The second-order valence-electron chi connectivity index (χ2n) is 5.28. The Morgan fingerprint density at radius 2 is 2.00 bits per heavy atom. The van der Waals surface area contributed by atoms with Crippen molar-refractivity contribution in [2.24, 2.45) is 0 Å². The summed E-state index contributed by atoms with van der Waals surface area (Å²) in [6, 6.07) is -0.450. The molecule has 19 heavy (non-hydrogen) atoms. The van der Waals surface area contributed by atoms with Gasteiger partial charge in [-0.05, 0) is 25.7 Å². The average Bonchev–Trinajstić information content (AvgIpc) is 3.14. The van der Waals surface area contributed by atoms with Crippen molar-refractivity contribution in [3.8, 4) is 0 Å². The molecule has 2 fully saturated rings. The van der Waals surface area contributed by atoms with Crippen LogP contribution < -0.4 is 10.6 Å². The first-order chi connectivity index (χ1) is 9.22. The van der Waals surface area contributed by atoms with Gasteiger partial charge in [0.15, 0.2) is 0 Å². The molecule has 0 unspecified atom stereocenters. The van der Waals surface area contributed by atoms with E-state index < -0.39 is 6.10 Å². The number of nitrogens with one attached hydrogen (secondary N) is 2. The van der Waals surface area contributed by atoms with Crippen molar-refractivity contribution in [1.82, 2.24) is 15.5 Å². The second-order valence-corrected chi connectivity index (χ2v) is 6.29. The molecule has 2 aliphatic carbocycles. The summed E-state index contributed by atoms with van der Waals surface area (Å²) in [5.41, 5.74) is 0. The number of rotatable bonds is 3. The van der Waals surface area contributed by atoms with E-state index in [4.69, 9.17) is 0 Å². The number of aliphatic hydroxyl groups excluding tert-OH is 1. The topological polar surface area (TPSA) is 87.1 Å². The van der Waals surface area contributed by atoms with Crippen LogP contribution in [-0.4, -0.2) is 33.5 Å². The maximum Gasteiger partial charge on any atom is 0.321 e. The van der Waals surface area contributed by atoms with E-state index in [1.54, 1.807) is 0 Å². The number of nitrogens with zero attached hydrogens (tertiary/aromatic N) is 2. The number of aliphatic hydroxyl groups is 1. The van der Waals surface area contributed by atoms with Gasteiger partial charge in [-0.15, -0.1) is 10.2 Å². The summed E-state index contributed by atoms with van der Waals surface area (Å²) >= 11 is 1.44. The lowest BCUT2D eigenvalue weighted by molar-refractivity contribution is 0.0955. The van der Waals surface area contributed by atoms with Crippen LogP contribution in [0.15, 0.2) is 0 Å². The summed E-state index contributed by atoms with van der Waals surface area (Å²) in [5.74, 6) is 0.552. The molecule has 104 valence electrons. The van der Waals surface area contributed by atoms with Gasteiger partial charge in [-0.25, -0.2) is 4.79 Å². The minimum Gasteiger partial charge on any atom is -0.391 e. The highest BCUT2D eigenvalue weighted by atomic mass is 32.1. The summed E-state index contributed by atoms with van der Waals surface area (Å²) in [5, 5.41) is 24.9. The zero-order valence-corrected chi connectivity index (χ0v) is 11.4. The largest absolute Gasteiger partial charge is 0.391 e. The van der Waals surface area contributed by atoms with E-state index in [9.17, 15) is 9.90 Å². The van der Waals surface area contributed by atoms with Gasteiger partial charge < -0.3 is 10.4 Å². The van der Waals surface area contributed by atoms with Crippen LogP contribution in [0, 0.1) is 0 Å². The molecule has 0 aliphatic heterocycles. The van der Waals surface area contributed by atoms with Crippen LogP contribution in [0.4, 0.5) is 9.93 Å². The summed E-state index contributed by atoms with van der Waals surface area (Å²) < 4.78 is 0. The van der Waals surface area contributed by atoms with Crippen LogP contribution in [0.1, 0.15) is 49.5 Å². The SMILES string of the molecule is O=C(Nc1nnc(C2CC2)s1)N[C@H]1CCCC[C@@H]1O. The van der Waals surface area contributed by atoms with Crippen molar-refractivity contribution >= 4 is 22.5 Å². The van der Waals surface area contributed by atoms with E-state index in [1.165, 1.54) is 24.2 Å². The minimum absolute atomic E-state index is 0.149. The number of aromatic nitrogens is 2. The molecule has 1 aromatic rings. The fourth-order valence-electron chi connectivity index (χ4n) is 2.36. The number of carbonyl (C=O) groups is 1. The van der Waals surface area contributed by atoms with Crippen LogP contribution in [0.3, 0.4) is 0 Å². The van der Waals surface area contributed by atoms with Gasteiger partial charge in [0.2, 0.25) is 5.13 Å². The van der Waals surface area contributed by atoms with E-state index in [1.807, 2.05) is 0 Å². The second kappa shape index (κ2) is 5.42. The third-order valence-electron chi connectivity index (χ3n) is 3.63. The summed E-state index contributed by atoms with van der Waals surface area (Å²) in [4.78, 5) is 11.8. The molecule has 0 spiro atoms. The maximum absolute atomic E-state index is 11.8. The summed E-state index contributed by atoms with van der Waals surface area (Å²) in [6.07, 6.45) is 5.59. The van der Waals surface area contributed by atoms with Crippen LogP contribution in [0.25, 0.3) is 0 Å². The third-order valence-corrected chi connectivity index (χ3v) is 4.63. The Balaban J connectivity index is 1.52. The lowest BCUT2D eigenvalue weighted by Gasteiger charge is -2.28. The Kier molecular flexibility index (Phi) is 3.65. The van der Waals surface area contributed by atoms with Gasteiger partial charge >= 0.3 is 6.03 Å². The zero-order chi connectivity index (χ0) is 13.2. The Morgan fingerprint density at radius 3 is 2.74 bits per heavy atom. The van der Waals surface area contributed by atoms with Gasteiger partial charge in [0.1, 0.15) is 5.01 Å². The molecular formula is C12H18N4O2S. The first kappa shape index (κ1) is 12.8. The lowest BCUT2D eigenvalue weighted by atomic mass is 9.93. The number of hydrogen-bond acceptors (Lipinski definition) is 5. The molecule has 2 atom stereocenters. The molecule has 0 bridgehead atoms. The van der Waals surface area contributed by atoms with E-state index in [0.717, 1.165) is 30.7 Å². The molecule has 3 N–H and O–H groups in total. The van der Waals surface area contributed by atoms with Crippen LogP contribution in [0.2, 0.25) is 0 Å². The Bertz CT molecular complexity index is 460. The van der Waals surface area contributed by atoms with Gasteiger partial charge in [-0.2, -0.15) is 0 Å². The number of carbonyl (C=O) groups excluding carboxylic acids is 1. The summed E-state index contributed by atoms with van der Waals surface area (Å²) in [6.45, 7) is 0. The minimum atomic E-state index is -0.434. The molecule has 2 aliphatic rings. The highest BCUT2D eigenvalue weighted by Gasteiger charge is 2.28. The van der Waals surface area contributed by atoms with Gasteiger partial charge in [-0.3, -0.25) is 5.32 Å².